The number of nitrogens with zero attached hydrogens (tertiary/aromatic N) is 1. The molecule has 0 bridgehead atoms. The fraction of sp³-hybridized carbons (Fsp3) is 0.400. The molecule has 130 valence electrons. The van der Waals surface area contributed by atoms with Crippen LogP contribution in [0.2, 0.25) is 0 Å². The van der Waals surface area contributed by atoms with Gasteiger partial charge in [0.1, 0.15) is 0 Å². The van der Waals surface area contributed by atoms with Crippen molar-refractivity contribution in [2.24, 2.45) is 0 Å². The Morgan fingerprint density at radius 1 is 1.16 bits per heavy atom. The molecule has 0 aromatic heterocycles. The first-order valence-electron chi connectivity index (χ1n) is 8.98. The Morgan fingerprint density at radius 2 is 1.96 bits per heavy atom. The molecule has 1 heterocycles. The number of piperazine rings is 1. The van der Waals surface area contributed by atoms with Gasteiger partial charge in [0.05, 0.1) is 12.5 Å². The van der Waals surface area contributed by atoms with Crippen LogP contribution in [0.15, 0.2) is 42.5 Å². The first kappa shape index (κ1) is 16.1. The number of fused-ring (bicyclic) bond motifs is 1. The first-order chi connectivity index (χ1) is 12.2. The van der Waals surface area contributed by atoms with E-state index in [0.29, 0.717) is 19.1 Å². The van der Waals surface area contributed by atoms with Crippen LogP contribution in [-0.2, 0) is 16.1 Å². The Balaban J connectivity index is 1.53. The molecule has 25 heavy (non-hydrogen) atoms. The molecule has 2 N–H and O–H groups in total. The molecule has 1 aliphatic heterocycles. The number of carbonyl (C=O) groups is 2. The average molecular weight is 337 g/mol. The second-order valence-electron chi connectivity index (χ2n) is 6.96. The Hall–Kier alpha value is -2.40. The maximum absolute atomic E-state index is 12.4. The minimum absolute atomic E-state index is 0.0209. The fourth-order valence-electron chi connectivity index (χ4n) is 3.51. The minimum Gasteiger partial charge on any atom is -0.353 e. The summed E-state index contributed by atoms with van der Waals surface area (Å²) in [4.78, 5) is 26.7. The number of nitrogens with one attached hydrogen (secondary N) is 2. The molecular weight excluding hydrogens is 314 g/mol. The lowest BCUT2D eigenvalue weighted by Crippen LogP contribution is -2.56. The molecule has 2 aliphatic rings. The zero-order chi connectivity index (χ0) is 17.2. The summed E-state index contributed by atoms with van der Waals surface area (Å²) in [6, 6.07) is 14.5. The Morgan fingerprint density at radius 3 is 2.80 bits per heavy atom. The van der Waals surface area contributed by atoms with Crippen molar-refractivity contribution in [1.82, 2.24) is 15.5 Å². The molecule has 4 rings (SSSR count). The highest BCUT2D eigenvalue weighted by molar-refractivity contribution is 5.89. The van der Waals surface area contributed by atoms with Gasteiger partial charge in [0.15, 0.2) is 0 Å². The van der Waals surface area contributed by atoms with Crippen LogP contribution in [0.5, 0.6) is 0 Å². The molecule has 2 fully saturated rings. The topological polar surface area (TPSA) is 61.4 Å². The number of hydrogen-bond acceptors (Lipinski definition) is 3. The highest BCUT2D eigenvalue weighted by atomic mass is 16.2. The summed E-state index contributed by atoms with van der Waals surface area (Å²) in [5, 5.41) is 8.29. The van der Waals surface area contributed by atoms with E-state index >= 15 is 0 Å². The third kappa shape index (κ3) is 3.66. The monoisotopic (exact) mass is 337 g/mol. The molecule has 1 atom stereocenters. The van der Waals surface area contributed by atoms with Crippen molar-refractivity contribution >= 4 is 22.6 Å². The molecule has 5 heteroatoms. The minimum atomic E-state index is -0.397. The van der Waals surface area contributed by atoms with Crippen molar-refractivity contribution in [3.8, 4) is 0 Å². The van der Waals surface area contributed by atoms with Crippen LogP contribution in [0.4, 0.5) is 0 Å². The molecule has 2 amide bonds. The third-order valence-corrected chi connectivity index (χ3v) is 5.02. The predicted molar refractivity (Wildman–Crippen MR) is 96.9 cm³/mol. The summed E-state index contributed by atoms with van der Waals surface area (Å²) in [6.07, 6.45) is 2.34. The molecular formula is C20H23N3O2. The van der Waals surface area contributed by atoms with Crippen molar-refractivity contribution in [2.75, 3.05) is 13.1 Å². The smallest absolute Gasteiger partial charge is 0.237 e. The van der Waals surface area contributed by atoms with Gasteiger partial charge in [0.2, 0.25) is 11.8 Å². The number of carbonyl (C=O) groups excluding carboxylic acids is 2. The molecule has 2 aromatic carbocycles. The van der Waals surface area contributed by atoms with Crippen molar-refractivity contribution in [2.45, 2.75) is 37.9 Å². The maximum Gasteiger partial charge on any atom is 0.237 e. The summed E-state index contributed by atoms with van der Waals surface area (Å²) in [5.41, 5.74) is 1.19. The highest BCUT2D eigenvalue weighted by Crippen LogP contribution is 2.23. The van der Waals surface area contributed by atoms with Gasteiger partial charge in [-0.2, -0.15) is 0 Å². The van der Waals surface area contributed by atoms with Gasteiger partial charge in [-0.3, -0.25) is 14.5 Å². The van der Waals surface area contributed by atoms with Gasteiger partial charge in [0, 0.05) is 25.7 Å². The zero-order valence-electron chi connectivity index (χ0n) is 14.2. The average Bonchev–Trinajstić information content (AvgIpc) is 3.42. The lowest BCUT2D eigenvalue weighted by Gasteiger charge is -2.35. The molecule has 5 nitrogen and oxygen atoms in total. The van der Waals surface area contributed by atoms with Crippen LogP contribution in [0, 0.1) is 0 Å². The van der Waals surface area contributed by atoms with Crippen molar-refractivity contribution in [3.05, 3.63) is 48.0 Å². The van der Waals surface area contributed by atoms with Crippen molar-refractivity contribution in [3.63, 3.8) is 0 Å². The number of benzene rings is 2. The van der Waals surface area contributed by atoms with Gasteiger partial charge < -0.3 is 10.6 Å². The van der Waals surface area contributed by atoms with Crippen LogP contribution in [0.25, 0.3) is 10.8 Å². The van der Waals surface area contributed by atoms with Gasteiger partial charge in [-0.25, -0.2) is 0 Å². The second-order valence-corrected chi connectivity index (χ2v) is 6.96. The fourth-order valence-corrected chi connectivity index (χ4v) is 3.51. The largest absolute Gasteiger partial charge is 0.353 e. The quantitative estimate of drug-likeness (QED) is 0.875. The molecule has 0 radical (unpaired) electrons. The van der Waals surface area contributed by atoms with Crippen LogP contribution >= 0.6 is 0 Å². The first-order valence-corrected chi connectivity index (χ1v) is 8.98. The molecule has 0 unspecified atom stereocenters. The van der Waals surface area contributed by atoms with E-state index in [4.69, 9.17) is 0 Å². The van der Waals surface area contributed by atoms with Gasteiger partial charge in [0.25, 0.3) is 0 Å². The van der Waals surface area contributed by atoms with Crippen molar-refractivity contribution < 1.29 is 9.59 Å². The van der Waals surface area contributed by atoms with Crippen LogP contribution in [0.3, 0.4) is 0 Å². The van der Waals surface area contributed by atoms with Crippen LogP contribution < -0.4 is 10.6 Å². The van der Waals surface area contributed by atoms with E-state index < -0.39 is 6.04 Å². The third-order valence-electron chi connectivity index (χ3n) is 5.02. The van der Waals surface area contributed by atoms with Crippen LogP contribution in [0.1, 0.15) is 24.8 Å². The van der Waals surface area contributed by atoms with E-state index in [-0.39, 0.29) is 18.2 Å². The van der Waals surface area contributed by atoms with E-state index in [0.717, 1.165) is 19.4 Å². The summed E-state index contributed by atoms with van der Waals surface area (Å²) in [5.74, 6) is -0.0649. The molecule has 1 aliphatic carbocycles. The summed E-state index contributed by atoms with van der Waals surface area (Å²) in [7, 11) is 0. The summed E-state index contributed by atoms with van der Waals surface area (Å²) >= 11 is 0. The van der Waals surface area contributed by atoms with Gasteiger partial charge in [-0.1, -0.05) is 42.5 Å². The van der Waals surface area contributed by atoms with E-state index in [1.807, 2.05) is 12.1 Å². The Labute approximate surface area is 147 Å². The Bertz CT molecular complexity index is 795. The summed E-state index contributed by atoms with van der Waals surface area (Å²) < 4.78 is 0. The van der Waals surface area contributed by atoms with E-state index in [1.54, 1.807) is 0 Å². The van der Waals surface area contributed by atoms with Crippen LogP contribution in [-0.4, -0.2) is 41.9 Å². The SMILES string of the molecule is O=C(C[C@@H]1C(=O)NCCN1Cc1cccc2ccccc12)NC1CC1. The maximum atomic E-state index is 12.4. The van der Waals surface area contributed by atoms with E-state index in [2.05, 4.69) is 45.9 Å². The normalized spacial score (nSPS) is 21.1. The second kappa shape index (κ2) is 6.84. The van der Waals surface area contributed by atoms with E-state index in [9.17, 15) is 9.59 Å². The standard InChI is InChI=1S/C20H23N3O2/c24-19(22-16-8-9-16)12-18-20(25)21-10-11-23(18)13-15-6-3-5-14-4-1-2-7-17(14)15/h1-7,16,18H,8-13H2,(H,21,25)(H,22,24)/t18-/m1/s1. The lowest BCUT2D eigenvalue weighted by molar-refractivity contribution is -0.134. The molecule has 0 spiro atoms. The summed E-state index contributed by atoms with van der Waals surface area (Å²) in [6.45, 7) is 2.07. The molecule has 2 aromatic rings. The predicted octanol–water partition coefficient (Wildman–Crippen LogP) is 1.81. The number of hydrogen-bond donors (Lipinski definition) is 2. The van der Waals surface area contributed by atoms with Gasteiger partial charge in [-0.05, 0) is 29.2 Å². The van der Waals surface area contributed by atoms with Gasteiger partial charge in [-0.15, -0.1) is 0 Å². The molecule has 1 saturated heterocycles. The number of amides is 2. The Kier molecular flexibility index (Phi) is 4.40. The molecule has 1 saturated carbocycles. The lowest BCUT2D eigenvalue weighted by atomic mass is 10.0. The van der Waals surface area contributed by atoms with Crippen molar-refractivity contribution in [1.29, 1.82) is 0 Å². The van der Waals surface area contributed by atoms with Gasteiger partial charge >= 0.3 is 0 Å². The highest BCUT2D eigenvalue weighted by Gasteiger charge is 2.33. The van der Waals surface area contributed by atoms with E-state index in [1.165, 1.54) is 16.3 Å². The zero-order valence-corrected chi connectivity index (χ0v) is 14.2. The number of rotatable bonds is 5.